The van der Waals surface area contributed by atoms with Crippen molar-refractivity contribution in [2.45, 2.75) is 19.8 Å². The van der Waals surface area contributed by atoms with E-state index in [-0.39, 0.29) is 11.7 Å². The lowest BCUT2D eigenvalue weighted by molar-refractivity contribution is 0.0786. The van der Waals surface area contributed by atoms with Crippen molar-refractivity contribution in [3.63, 3.8) is 0 Å². The zero-order valence-corrected chi connectivity index (χ0v) is 13.2. The molecule has 2 heterocycles. The van der Waals surface area contributed by atoms with Gasteiger partial charge in [0.15, 0.2) is 0 Å². The van der Waals surface area contributed by atoms with Crippen molar-refractivity contribution in [1.29, 1.82) is 0 Å². The summed E-state index contributed by atoms with van der Waals surface area (Å²) in [7, 11) is 0. The molecule has 1 amide bonds. The lowest BCUT2D eigenvalue weighted by Crippen LogP contribution is -2.30. The van der Waals surface area contributed by atoms with Crippen LogP contribution in [-0.4, -0.2) is 40.2 Å². The van der Waals surface area contributed by atoms with E-state index in [1.54, 1.807) is 23.0 Å². The third-order valence-corrected chi connectivity index (χ3v) is 4.41. The van der Waals surface area contributed by atoms with Crippen LogP contribution in [0.5, 0.6) is 0 Å². The number of carbonyl (C=O) groups excluding carboxylic acids is 1. The monoisotopic (exact) mass is 316 g/mol. The average molecular weight is 316 g/mol. The van der Waals surface area contributed by atoms with E-state index in [4.69, 9.17) is 5.73 Å². The molecule has 2 N–H and O–H groups in total. The molecule has 1 aromatic carbocycles. The number of nitrogens with zero attached hydrogens (tertiary/aromatic N) is 3. The van der Waals surface area contributed by atoms with E-state index < -0.39 is 0 Å². The highest BCUT2D eigenvalue weighted by atomic mass is 19.1. The Labute approximate surface area is 134 Å². The van der Waals surface area contributed by atoms with Crippen molar-refractivity contribution in [1.82, 2.24) is 14.7 Å². The smallest absolute Gasteiger partial charge is 0.257 e. The molecule has 5 nitrogen and oxygen atoms in total. The van der Waals surface area contributed by atoms with Crippen molar-refractivity contribution in [2.75, 3.05) is 19.6 Å². The molecule has 0 spiro atoms. The van der Waals surface area contributed by atoms with Crippen LogP contribution in [0, 0.1) is 11.7 Å². The molecule has 0 bridgehead atoms. The zero-order chi connectivity index (χ0) is 16.4. The van der Waals surface area contributed by atoms with Crippen LogP contribution in [-0.2, 0) is 6.42 Å². The first-order valence-corrected chi connectivity index (χ1v) is 7.96. The third kappa shape index (κ3) is 2.99. The number of likely N-dealkylation sites (tertiary alicyclic amines) is 1. The van der Waals surface area contributed by atoms with Gasteiger partial charge >= 0.3 is 0 Å². The van der Waals surface area contributed by atoms with Gasteiger partial charge in [0.25, 0.3) is 5.91 Å². The van der Waals surface area contributed by atoms with E-state index >= 15 is 0 Å². The molecule has 1 fully saturated rings. The maximum Gasteiger partial charge on any atom is 0.257 e. The van der Waals surface area contributed by atoms with Gasteiger partial charge in [0.05, 0.1) is 23.1 Å². The minimum atomic E-state index is -0.292. The summed E-state index contributed by atoms with van der Waals surface area (Å²) in [5.74, 6) is 0.0995. The molecule has 2 aromatic rings. The Morgan fingerprint density at radius 2 is 2.13 bits per heavy atom. The van der Waals surface area contributed by atoms with Gasteiger partial charge in [-0.15, -0.1) is 0 Å². The Morgan fingerprint density at radius 1 is 1.39 bits per heavy atom. The van der Waals surface area contributed by atoms with Crippen LogP contribution in [0.3, 0.4) is 0 Å². The van der Waals surface area contributed by atoms with Gasteiger partial charge in [-0.1, -0.05) is 6.92 Å². The molecular formula is C17H21FN4O. The molecule has 1 aromatic heterocycles. The summed E-state index contributed by atoms with van der Waals surface area (Å²) in [4.78, 5) is 14.6. The van der Waals surface area contributed by atoms with Gasteiger partial charge in [0, 0.05) is 13.1 Å². The molecule has 0 radical (unpaired) electrons. The van der Waals surface area contributed by atoms with Crippen LogP contribution in [0.15, 0.2) is 30.5 Å². The average Bonchev–Trinajstić information content (AvgIpc) is 3.21. The SMILES string of the molecule is CCc1c(C(=O)N2CCC(CN)C2)cnn1-c1ccc(F)cc1. The van der Waals surface area contributed by atoms with Crippen LogP contribution in [0.1, 0.15) is 29.4 Å². The zero-order valence-electron chi connectivity index (χ0n) is 13.2. The van der Waals surface area contributed by atoms with Gasteiger partial charge in [-0.2, -0.15) is 5.10 Å². The van der Waals surface area contributed by atoms with Crippen molar-refractivity contribution >= 4 is 5.91 Å². The topological polar surface area (TPSA) is 64.2 Å². The molecule has 6 heteroatoms. The van der Waals surface area contributed by atoms with Gasteiger partial charge < -0.3 is 10.6 Å². The summed E-state index contributed by atoms with van der Waals surface area (Å²) >= 11 is 0. The van der Waals surface area contributed by atoms with Crippen molar-refractivity contribution < 1.29 is 9.18 Å². The maximum atomic E-state index is 13.1. The Morgan fingerprint density at radius 3 is 2.74 bits per heavy atom. The minimum Gasteiger partial charge on any atom is -0.338 e. The molecule has 1 aliphatic heterocycles. The Kier molecular flexibility index (Phi) is 4.43. The molecular weight excluding hydrogens is 295 g/mol. The highest BCUT2D eigenvalue weighted by molar-refractivity contribution is 5.95. The second-order valence-corrected chi connectivity index (χ2v) is 5.89. The van der Waals surface area contributed by atoms with Crippen LogP contribution in [0.2, 0.25) is 0 Å². The van der Waals surface area contributed by atoms with Gasteiger partial charge in [0.1, 0.15) is 5.82 Å². The first-order chi connectivity index (χ1) is 11.1. The molecule has 0 aliphatic carbocycles. The molecule has 1 atom stereocenters. The molecule has 1 unspecified atom stereocenters. The summed E-state index contributed by atoms with van der Waals surface area (Å²) in [6.45, 7) is 4.05. The van der Waals surface area contributed by atoms with Crippen LogP contribution in [0.25, 0.3) is 5.69 Å². The first kappa shape index (κ1) is 15.7. The normalized spacial score (nSPS) is 17.7. The maximum absolute atomic E-state index is 13.1. The number of carbonyl (C=O) groups is 1. The summed E-state index contributed by atoms with van der Waals surface area (Å²) in [6, 6.07) is 6.11. The second-order valence-electron chi connectivity index (χ2n) is 5.89. The van der Waals surface area contributed by atoms with E-state index in [1.807, 2.05) is 11.8 Å². The number of benzene rings is 1. The molecule has 23 heavy (non-hydrogen) atoms. The second kappa shape index (κ2) is 6.50. The molecule has 1 aliphatic rings. The summed E-state index contributed by atoms with van der Waals surface area (Å²) in [5.41, 5.74) is 7.92. The Balaban J connectivity index is 1.89. The van der Waals surface area contributed by atoms with E-state index in [1.165, 1.54) is 12.1 Å². The fourth-order valence-corrected chi connectivity index (χ4v) is 3.08. The predicted octanol–water partition coefficient (Wildman–Crippen LogP) is 1.99. The van der Waals surface area contributed by atoms with Crippen molar-refractivity contribution in [2.24, 2.45) is 11.7 Å². The highest BCUT2D eigenvalue weighted by Gasteiger charge is 2.28. The third-order valence-electron chi connectivity index (χ3n) is 4.41. The highest BCUT2D eigenvalue weighted by Crippen LogP contribution is 2.22. The lowest BCUT2D eigenvalue weighted by atomic mass is 10.1. The van der Waals surface area contributed by atoms with E-state index in [2.05, 4.69) is 5.10 Å². The number of amides is 1. The number of halogens is 1. The largest absolute Gasteiger partial charge is 0.338 e. The van der Waals surface area contributed by atoms with Gasteiger partial charge in [-0.05, 0) is 49.6 Å². The van der Waals surface area contributed by atoms with Crippen LogP contribution < -0.4 is 5.73 Å². The molecule has 122 valence electrons. The molecule has 3 rings (SSSR count). The van der Waals surface area contributed by atoms with Crippen LogP contribution >= 0.6 is 0 Å². The molecule has 0 saturated carbocycles. The number of hydrogen-bond acceptors (Lipinski definition) is 3. The standard InChI is InChI=1S/C17H21FN4O/c1-2-16-15(17(23)21-8-7-12(9-19)11-21)10-20-22(16)14-5-3-13(18)4-6-14/h3-6,10,12H,2,7-9,11,19H2,1H3. The van der Waals surface area contributed by atoms with Crippen LogP contribution in [0.4, 0.5) is 4.39 Å². The van der Waals surface area contributed by atoms with E-state index in [0.29, 0.717) is 31.0 Å². The van der Waals surface area contributed by atoms with Crippen molar-refractivity contribution in [3.8, 4) is 5.69 Å². The fraction of sp³-hybridized carbons (Fsp3) is 0.412. The minimum absolute atomic E-state index is 0.00571. The van der Waals surface area contributed by atoms with Gasteiger partial charge in [-0.3, -0.25) is 4.79 Å². The number of aromatic nitrogens is 2. The fourth-order valence-electron chi connectivity index (χ4n) is 3.08. The van der Waals surface area contributed by atoms with Gasteiger partial charge in [0.2, 0.25) is 0 Å². The first-order valence-electron chi connectivity index (χ1n) is 7.96. The number of nitrogens with two attached hydrogens (primary N) is 1. The summed E-state index contributed by atoms with van der Waals surface area (Å²) in [6.07, 6.45) is 3.24. The quantitative estimate of drug-likeness (QED) is 0.938. The summed E-state index contributed by atoms with van der Waals surface area (Å²) in [5, 5.41) is 4.34. The lowest BCUT2D eigenvalue weighted by Gasteiger charge is -2.16. The Bertz CT molecular complexity index is 695. The van der Waals surface area contributed by atoms with Crippen molar-refractivity contribution in [3.05, 3.63) is 47.5 Å². The Hall–Kier alpha value is -2.21. The van der Waals surface area contributed by atoms with Gasteiger partial charge in [-0.25, -0.2) is 9.07 Å². The predicted molar refractivity (Wildman–Crippen MR) is 86.0 cm³/mol. The van der Waals surface area contributed by atoms with E-state index in [9.17, 15) is 9.18 Å². The summed E-state index contributed by atoms with van der Waals surface area (Å²) < 4.78 is 14.8. The molecule has 1 saturated heterocycles. The number of hydrogen-bond donors (Lipinski definition) is 1. The van der Waals surface area contributed by atoms with E-state index in [0.717, 1.165) is 24.3 Å². The number of rotatable bonds is 4.